The summed E-state index contributed by atoms with van der Waals surface area (Å²) in [4.78, 5) is 35.1. The minimum Gasteiger partial charge on any atom is -0.385 e. The summed E-state index contributed by atoms with van der Waals surface area (Å²) in [6, 6.07) is 0. The van der Waals surface area contributed by atoms with Gasteiger partial charge in [-0.05, 0) is 109 Å². The van der Waals surface area contributed by atoms with Crippen molar-refractivity contribution in [3.05, 3.63) is 0 Å². The number of hydrogen-bond donors (Lipinski definition) is 0. The molecule has 72 heavy (non-hydrogen) atoms. The number of carbonyl (C=O) groups excluding carboxylic acids is 2. The van der Waals surface area contributed by atoms with Crippen molar-refractivity contribution >= 4 is 12.2 Å². The Hall–Kier alpha value is -1.02. The Morgan fingerprint density at radius 3 is 1.07 bits per heavy atom. The molecule has 0 bridgehead atoms. The molecule has 0 unspecified atom stereocenters. The van der Waals surface area contributed by atoms with Crippen LogP contribution in [0.3, 0.4) is 0 Å². The maximum absolute atomic E-state index is 14.0. The molecule has 1 aliphatic heterocycles. The highest BCUT2D eigenvalue weighted by Crippen LogP contribution is 2.22. The summed E-state index contributed by atoms with van der Waals surface area (Å²) in [5, 5.41) is 0. The van der Waals surface area contributed by atoms with Crippen molar-refractivity contribution in [2.24, 2.45) is 5.92 Å². The first-order valence-electron chi connectivity index (χ1n) is 32.9. The van der Waals surface area contributed by atoms with Gasteiger partial charge < -0.3 is 24.2 Å². The summed E-state index contributed by atoms with van der Waals surface area (Å²) < 4.78 is 4.84. The molecule has 0 saturated carbocycles. The molecule has 1 aliphatic rings. The van der Waals surface area contributed by atoms with Gasteiger partial charge in [-0.2, -0.15) is 0 Å². The second-order valence-corrected chi connectivity index (χ2v) is 22.9. The van der Waals surface area contributed by atoms with Crippen LogP contribution in [0.15, 0.2) is 0 Å². The van der Waals surface area contributed by atoms with Gasteiger partial charge in [-0.1, -0.05) is 247 Å². The lowest BCUT2D eigenvalue weighted by molar-refractivity contribution is -0.134. The fourth-order valence-electron chi connectivity index (χ4n) is 10.8. The van der Waals surface area contributed by atoms with Crippen molar-refractivity contribution < 1.29 is 14.3 Å². The zero-order valence-corrected chi connectivity index (χ0v) is 50.3. The number of aldehydes is 1. The maximum atomic E-state index is 14.0. The average Bonchev–Trinajstić information content (AvgIpc) is 3.39. The van der Waals surface area contributed by atoms with Crippen molar-refractivity contribution in [1.29, 1.82) is 0 Å². The Bertz CT molecular complexity index is 1050. The van der Waals surface area contributed by atoms with Gasteiger partial charge in [0.15, 0.2) is 0 Å². The van der Waals surface area contributed by atoms with E-state index in [0.717, 1.165) is 64.4 Å². The Morgan fingerprint density at radius 2 is 0.708 bits per heavy atom. The van der Waals surface area contributed by atoms with Gasteiger partial charge in [-0.15, -0.1) is 0 Å². The molecule has 1 amide bonds. The van der Waals surface area contributed by atoms with Crippen LogP contribution in [-0.2, 0) is 14.3 Å². The van der Waals surface area contributed by atoms with Crippen molar-refractivity contribution in [2.45, 2.75) is 317 Å². The van der Waals surface area contributed by atoms with Crippen LogP contribution in [0, 0.1) is 5.92 Å². The van der Waals surface area contributed by atoms with E-state index in [1.807, 2.05) is 0 Å². The summed E-state index contributed by atoms with van der Waals surface area (Å²) in [5.74, 6) is 1.14. The molecule has 1 saturated heterocycles. The summed E-state index contributed by atoms with van der Waals surface area (Å²) in [6.45, 7) is 24.3. The average molecular weight is 1020 g/mol. The Kier molecular flexibility index (Phi) is 58.4. The third-order valence-electron chi connectivity index (χ3n) is 16.0. The molecule has 7 heteroatoms. The number of hydrogen-bond acceptors (Lipinski definition) is 6. The van der Waals surface area contributed by atoms with E-state index in [1.54, 1.807) is 7.11 Å². The van der Waals surface area contributed by atoms with Gasteiger partial charge in [0.1, 0.15) is 6.29 Å². The van der Waals surface area contributed by atoms with Crippen LogP contribution in [0.1, 0.15) is 317 Å². The largest absolute Gasteiger partial charge is 0.385 e. The molecule has 0 aromatic rings. The van der Waals surface area contributed by atoms with E-state index in [4.69, 9.17) is 4.74 Å². The number of rotatable bonds is 56. The Labute approximate surface area is 453 Å². The van der Waals surface area contributed by atoms with E-state index in [2.05, 4.69) is 54.2 Å². The zero-order chi connectivity index (χ0) is 52.5. The summed E-state index contributed by atoms with van der Waals surface area (Å²) >= 11 is 0. The Morgan fingerprint density at radius 1 is 0.403 bits per heavy atom. The van der Waals surface area contributed by atoms with Crippen LogP contribution in [0.25, 0.3) is 0 Å². The molecule has 0 aliphatic carbocycles. The Balaban J connectivity index is 0.00000666. The van der Waals surface area contributed by atoms with Crippen LogP contribution < -0.4 is 0 Å². The predicted molar refractivity (Wildman–Crippen MR) is 319 cm³/mol. The highest BCUT2D eigenvalue weighted by Gasteiger charge is 2.25. The second-order valence-electron chi connectivity index (χ2n) is 22.9. The van der Waals surface area contributed by atoms with Gasteiger partial charge in [0, 0.05) is 46.3 Å². The van der Waals surface area contributed by atoms with Gasteiger partial charge >= 0.3 is 0 Å². The predicted octanol–water partition coefficient (Wildman–Crippen LogP) is 18.4. The number of methoxy groups -OCH3 is 1. The van der Waals surface area contributed by atoms with Gasteiger partial charge in [-0.25, -0.2) is 0 Å². The van der Waals surface area contributed by atoms with E-state index < -0.39 is 0 Å². The number of piperidine rings is 1. The molecule has 1 fully saturated rings. The molecule has 0 aromatic carbocycles. The SMILES string of the molecule is CCCCCCCCCCCCCCN(CCCCCCCC=O)CCC1CCN(C(=O)CN(CCCCCCCCC)CCN(CCCCCCCC)CCCCCCCCC)CC1.CCCCCOC. The van der Waals surface area contributed by atoms with Crippen molar-refractivity contribution in [3.63, 3.8) is 0 Å². The van der Waals surface area contributed by atoms with Crippen molar-refractivity contribution in [2.75, 3.05) is 85.7 Å². The maximum Gasteiger partial charge on any atom is 0.236 e. The number of ether oxygens (including phenoxy) is 1. The molecule has 0 atom stereocenters. The van der Waals surface area contributed by atoms with Crippen LogP contribution in [0.4, 0.5) is 0 Å². The van der Waals surface area contributed by atoms with Crippen molar-refractivity contribution in [3.8, 4) is 0 Å². The molecule has 7 nitrogen and oxygen atoms in total. The summed E-state index contributed by atoms with van der Waals surface area (Å²) in [5.41, 5.74) is 0. The van der Waals surface area contributed by atoms with Crippen LogP contribution in [-0.4, -0.2) is 118 Å². The van der Waals surface area contributed by atoms with E-state index in [9.17, 15) is 9.59 Å². The van der Waals surface area contributed by atoms with E-state index >= 15 is 0 Å². The monoisotopic (exact) mass is 1020 g/mol. The molecular weight excluding hydrogens is 885 g/mol. The quantitative estimate of drug-likeness (QED) is 0.0447. The number of carbonyl (C=O) groups is 2. The van der Waals surface area contributed by atoms with Crippen LogP contribution in [0.5, 0.6) is 0 Å². The lowest BCUT2D eigenvalue weighted by atomic mass is 9.93. The highest BCUT2D eigenvalue weighted by atomic mass is 16.5. The van der Waals surface area contributed by atoms with Crippen molar-refractivity contribution in [1.82, 2.24) is 19.6 Å². The van der Waals surface area contributed by atoms with E-state index in [1.165, 1.54) is 302 Å². The number of likely N-dealkylation sites (tertiary alicyclic amines) is 1. The first kappa shape index (κ1) is 71.0. The first-order chi connectivity index (χ1) is 35.5. The van der Waals surface area contributed by atoms with Crippen LogP contribution in [0.2, 0.25) is 0 Å². The van der Waals surface area contributed by atoms with Gasteiger partial charge in [-0.3, -0.25) is 9.69 Å². The third kappa shape index (κ3) is 49.8. The van der Waals surface area contributed by atoms with Crippen LogP contribution >= 0.6 is 0 Å². The molecular formula is C65H132N4O3. The van der Waals surface area contributed by atoms with Gasteiger partial charge in [0.25, 0.3) is 0 Å². The fourth-order valence-corrected chi connectivity index (χ4v) is 10.8. The van der Waals surface area contributed by atoms with Gasteiger partial charge in [0.05, 0.1) is 6.54 Å². The van der Waals surface area contributed by atoms with E-state index in [-0.39, 0.29) is 0 Å². The standard InChI is InChI=1S/C59H118N4O2.C6H14O/c1-5-9-13-17-21-22-23-24-25-28-33-37-46-60(47-38-34-29-30-36-42-56-64)51-43-58-44-52-63(53-45-58)59(65)57-62(50-41-35-27-19-15-11-7-3)55-54-61(48-39-31-20-16-12-8-4)49-40-32-26-18-14-10-6-2;1-3-4-5-6-7-2/h56,58H,5-55,57H2,1-4H3;3-6H2,1-2H3. The topological polar surface area (TPSA) is 56.3 Å². The minimum absolute atomic E-state index is 0.391. The highest BCUT2D eigenvalue weighted by molar-refractivity contribution is 5.78. The summed E-state index contributed by atoms with van der Waals surface area (Å²) in [7, 11) is 1.75. The lowest BCUT2D eigenvalue weighted by Crippen LogP contribution is -2.46. The lowest BCUT2D eigenvalue weighted by Gasteiger charge is -2.35. The van der Waals surface area contributed by atoms with Gasteiger partial charge in [0.2, 0.25) is 5.91 Å². The molecule has 430 valence electrons. The second kappa shape index (κ2) is 59.2. The smallest absolute Gasteiger partial charge is 0.236 e. The fraction of sp³-hybridized carbons (Fsp3) is 0.969. The molecule has 0 N–H and O–H groups in total. The zero-order valence-electron chi connectivity index (χ0n) is 50.3. The summed E-state index contributed by atoms with van der Waals surface area (Å²) in [6.07, 6.45) is 59.3. The number of nitrogens with zero attached hydrogens (tertiary/aromatic N) is 4. The first-order valence-corrected chi connectivity index (χ1v) is 32.9. The number of amides is 1. The van der Waals surface area contributed by atoms with E-state index in [0.29, 0.717) is 12.5 Å². The minimum atomic E-state index is 0.391. The molecule has 0 spiro atoms. The molecule has 1 rings (SSSR count). The third-order valence-corrected chi connectivity index (χ3v) is 16.0. The molecule has 0 radical (unpaired) electrons. The molecule has 1 heterocycles. The normalized spacial score (nSPS) is 13.2. The number of unbranched alkanes of at least 4 members (excludes halogenated alkanes) is 35. The molecule has 0 aromatic heterocycles.